The first-order valence-electron chi connectivity index (χ1n) is 24.5. The Morgan fingerprint density at radius 1 is 0.361 bits per heavy atom. The molecule has 0 radical (unpaired) electrons. The Morgan fingerprint density at radius 2 is 0.931 bits per heavy atom. The number of rotatable bonds is 7. The number of fused-ring (bicyclic) bond motifs is 13. The zero-order chi connectivity index (χ0) is 47.6. The smallest absolute Gasteiger partial charge is 0.0620 e. The Morgan fingerprint density at radius 3 is 1.60 bits per heavy atom. The van der Waals surface area contributed by atoms with E-state index in [1.165, 1.54) is 102 Å². The van der Waals surface area contributed by atoms with E-state index in [2.05, 4.69) is 238 Å². The van der Waals surface area contributed by atoms with E-state index in [1.807, 2.05) is 36.1 Å². The van der Waals surface area contributed by atoms with Crippen molar-refractivity contribution in [2.75, 3.05) is 9.80 Å². The monoisotopic (exact) mass is 937 g/mol. The van der Waals surface area contributed by atoms with Crippen LogP contribution in [0, 0.1) is 13.8 Å². The molecule has 0 spiro atoms. The SMILES string of the molecule is Cc1cccc(N(c2ccc3ccncc3c2)c2ccc3c(c2)sc2ccc4cc5c6cc(-c7ccccc7)cc7c8ccc(N(c9cccc(C)c9)c9ccc%10ccncc%10c9)cc8n(c5cc4c23)c76)c1. The van der Waals surface area contributed by atoms with Gasteiger partial charge in [-0.25, -0.2) is 0 Å². The molecule has 0 amide bonds. The number of aromatic nitrogens is 3. The molecule has 10 aromatic carbocycles. The van der Waals surface area contributed by atoms with Gasteiger partial charge in [0.2, 0.25) is 0 Å². The third-order valence-electron chi connectivity index (χ3n) is 14.8. The van der Waals surface area contributed by atoms with Crippen LogP contribution in [0.25, 0.3) is 102 Å². The van der Waals surface area contributed by atoms with Gasteiger partial charge < -0.3 is 14.2 Å². The van der Waals surface area contributed by atoms with Gasteiger partial charge in [0.25, 0.3) is 0 Å². The summed E-state index contributed by atoms with van der Waals surface area (Å²) in [5.74, 6) is 0. The molecule has 15 rings (SSSR count). The molecule has 72 heavy (non-hydrogen) atoms. The number of hydrogen-bond donors (Lipinski definition) is 0. The molecule has 15 aromatic rings. The molecule has 338 valence electrons. The van der Waals surface area contributed by atoms with Crippen molar-refractivity contribution in [1.82, 2.24) is 14.4 Å². The van der Waals surface area contributed by atoms with Gasteiger partial charge in [-0.2, -0.15) is 0 Å². The lowest BCUT2D eigenvalue weighted by Crippen LogP contribution is -2.10. The Bertz CT molecular complexity index is 4680. The molecule has 5 heterocycles. The van der Waals surface area contributed by atoms with Crippen LogP contribution in [0.2, 0.25) is 0 Å². The predicted octanol–water partition coefficient (Wildman–Crippen LogP) is 18.7. The molecule has 0 bridgehead atoms. The fourth-order valence-electron chi connectivity index (χ4n) is 11.5. The maximum atomic E-state index is 4.49. The fraction of sp³-hybridized carbons (Fsp3) is 0.0303. The van der Waals surface area contributed by atoms with E-state index in [9.17, 15) is 0 Å². The van der Waals surface area contributed by atoms with Crippen LogP contribution in [-0.4, -0.2) is 14.4 Å². The normalized spacial score (nSPS) is 12.0. The van der Waals surface area contributed by atoms with Crippen molar-refractivity contribution in [2.45, 2.75) is 13.8 Å². The van der Waals surface area contributed by atoms with E-state index < -0.39 is 0 Å². The zero-order valence-corrected chi connectivity index (χ0v) is 40.3. The molecule has 0 aliphatic heterocycles. The number of nitrogens with zero attached hydrogens (tertiary/aromatic N) is 5. The van der Waals surface area contributed by atoms with Gasteiger partial charge in [-0.05, 0) is 173 Å². The summed E-state index contributed by atoms with van der Waals surface area (Å²) in [6, 6.07) is 74.4. The van der Waals surface area contributed by atoms with E-state index >= 15 is 0 Å². The largest absolute Gasteiger partial charge is 0.310 e. The highest BCUT2D eigenvalue weighted by molar-refractivity contribution is 7.26. The van der Waals surface area contributed by atoms with Crippen LogP contribution in [0.15, 0.2) is 225 Å². The number of benzene rings is 10. The summed E-state index contributed by atoms with van der Waals surface area (Å²) in [4.78, 5) is 13.7. The molecular formula is C66H43N5S. The van der Waals surface area contributed by atoms with Crippen LogP contribution in [0.5, 0.6) is 0 Å². The lowest BCUT2D eigenvalue weighted by Gasteiger charge is -2.26. The second-order valence-electron chi connectivity index (χ2n) is 19.3. The molecule has 5 nitrogen and oxygen atoms in total. The van der Waals surface area contributed by atoms with Gasteiger partial charge in [-0.15, -0.1) is 11.3 Å². The number of anilines is 6. The summed E-state index contributed by atoms with van der Waals surface area (Å²) < 4.78 is 5.08. The summed E-state index contributed by atoms with van der Waals surface area (Å²) in [6.45, 7) is 4.33. The minimum atomic E-state index is 1.09. The highest BCUT2D eigenvalue weighted by Gasteiger charge is 2.24. The van der Waals surface area contributed by atoms with Crippen molar-refractivity contribution in [2.24, 2.45) is 0 Å². The quantitative estimate of drug-likeness (QED) is 0.160. The molecule has 0 aliphatic carbocycles. The van der Waals surface area contributed by atoms with Crippen molar-refractivity contribution in [3.05, 3.63) is 236 Å². The minimum Gasteiger partial charge on any atom is -0.310 e. The third kappa shape index (κ3) is 6.32. The molecule has 5 aromatic heterocycles. The number of pyridine rings is 2. The van der Waals surface area contributed by atoms with Crippen molar-refractivity contribution in [3.63, 3.8) is 0 Å². The van der Waals surface area contributed by atoms with Gasteiger partial charge >= 0.3 is 0 Å². The molecule has 0 saturated carbocycles. The predicted molar refractivity (Wildman–Crippen MR) is 306 cm³/mol. The van der Waals surface area contributed by atoms with Crippen LogP contribution in [0.3, 0.4) is 0 Å². The number of aryl methyl sites for hydroxylation is 2. The molecule has 0 atom stereocenters. The van der Waals surface area contributed by atoms with Crippen molar-refractivity contribution >= 4 is 136 Å². The van der Waals surface area contributed by atoms with Crippen molar-refractivity contribution < 1.29 is 0 Å². The molecule has 0 N–H and O–H groups in total. The lowest BCUT2D eigenvalue weighted by molar-refractivity contribution is 1.27. The molecule has 0 fully saturated rings. The maximum absolute atomic E-state index is 4.49. The highest BCUT2D eigenvalue weighted by atomic mass is 32.1. The second-order valence-corrected chi connectivity index (χ2v) is 20.4. The average molecular weight is 938 g/mol. The van der Waals surface area contributed by atoms with E-state index in [-0.39, 0.29) is 0 Å². The van der Waals surface area contributed by atoms with Crippen LogP contribution < -0.4 is 9.80 Å². The summed E-state index contributed by atoms with van der Waals surface area (Å²) in [7, 11) is 0. The topological polar surface area (TPSA) is 36.7 Å². The van der Waals surface area contributed by atoms with Gasteiger partial charge in [-0.1, -0.05) is 84.9 Å². The van der Waals surface area contributed by atoms with Gasteiger partial charge in [-0.3, -0.25) is 9.97 Å². The van der Waals surface area contributed by atoms with Gasteiger partial charge in [0.1, 0.15) is 0 Å². The summed E-state index contributed by atoms with van der Waals surface area (Å²) in [5, 5.41) is 14.6. The number of hydrogen-bond acceptors (Lipinski definition) is 5. The van der Waals surface area contributed by atoms with E-state index in [4.69, 9.17) is 0 Å². The van der Waals surface area contributed by atoms with Crippen LogP contribution in [0.4, 0.5) is 34.1 Å². The molecular weight excluding hydrogens is 895 g/mol. The van der Waals surface area contributed by atoms with Crippen molar-refractivity contribution in [1.29, 1.82) is 0 Å². The first kappa shape index (κ1) is 40.8. The van der Waals surface area contributed by atoms with Gasteiger partial charge in [0.05, 0.1) is 16.6 Å². The first-order chi connectivity index (χ1) is 35.5. The summed E-state index contributed by atoms with van der Waals surface area (Å²) >= 11 is 1.87. The van der Waals surface area contributed by atoms with Gasteiger partial charge in [0, 0.05) is 111 Å². The molecule has 0 unspecified atom stereocenters. The van der Waals surface area contributed by atoms with Gasteiger partial charge in [0.15, 0.2) is 0 Å². The minimum absolute atomic E-state index is 1.09. The van der Waals surface area contributed by atoms with Crippen LogP contribution in [-0.2, 0) is 0 Å². The Balaban J connectivity index is 0.968. The Kier molecular flexibility index (Phi) is 8.89. The number of thiophene rings is 1. The second kappa shape index (κ2) is 15.7. The Labute approximate surface area is 419 Å². The zero-order valence-electron chi connectivity index (χ0n) is 39.5. The van der Waals surface area contributed by atoms with Crippen LogP contribution >= 0.6 is 11.3 Å². The molecule has 0 saturated heterocycles. The molecule has 0 aliphatic rings. The van der Waals surface area contributed by atoms with E-state index in [1.54, 1.807) is 0 Å². The highest BCUT2D eigenvalue weighted by Crippen LogP contribution is 2.48. The standard InChI is InChI=1S/C66H43N5S/c1-40-8-6-12-49(28-40)69(51-17-14-43-24-26-67-38-47(43)30-51)53-19-21-55-59-33-46(42-10-4-3-5-11-42)34-60-58-32-45-16-23-63-65(57(45)37-62(58)71(66(59)60)61(55)35-53)56-22-20-54(36-64(56)72-63)70(50-13-7-9-41(2)29-50)52-18-15-44-25-27-68-39-48(44)31-52/h3-39H,1-2H3. The van der Waals surface area contributed by atoms with Crippen LogP contribution in [0.1, 0.15) is 11.1 Å². The third-order valence-corrected chi connectivity index (χ3v) is 16.0. The summed E-state index contributed by atoms with van der Waals surface area (Å²) in [5.41, 5.74) is 15.1. The lowest BCUT2D eigenvalue weighted by atomic mass is 9.97. The summed E-state index contributed by atoms with van der Waals surface area (Å²) in [6.07, 6.45) is 7.64. The van der Waals surface area contributed by atoms with Crippen molar-refractivity contribution in [3.8, 4) is 11.1 Å². The van der Waals surface area contributed by atoms with E-state index in [0.717, 1.165) is 44.9 Å². The Hall–Kier alpha value is -9.10. The maximum Gasteiger partial charge on any atom is 0.0620 e. The first-order valence-corrected chi connectivity index (χ1v) is 25.3. The average Bonchev–Trinajstić information content (AvgIpc) is 4.07. The van der Waals surface area contributed by atoms with E-state index in [0.29, 0.717) is 0 Å². The molecule has 6 heteroatoms. The fourth-order valence-corrected chi connectivity index (χ4v) is 12.7.